The molecule has 9 heteroatoms. The van der Waals surface area contributed by atoms with Gasteiger partial charge >= 0.3 is 5.97 Å². The van der Waals surface area contributed by atoms with Crippen molar-refractivity contribution in [3.8, 4) is 5.75 Å². The van der Waals surface area contributed by atoms with Crippen LogP contribution in [0.5, 0.6) is 5.75 Å². The van der Waals surface area contributed by atoms with Crippen molar-refractivity contribution in [1.29, 1.82) is 0 Å². The molecule has 156 valence electrons. The molecule has 29 heavy (non-hydrogen) atoms. The molecular formula is C20H24N2O6S. The van der Waals surface area contributed by atoms with Crippen LogP contribution in [0.15, 0.2) is 53.4 Å². The number of rotatable bonds is 9. The molecule has 0 aliphatic heterocycles. The highest BCUT2D eigenvalue weighted by molar-refractivity contribution is 7.89. The van der Waals surface area contributed by atoms with Crippen LogP contribution in [0.3, 0.4) is 0 Å². The molecule has 2 aromatic rings. The number of esters is 1. The third kappa shape index (κ3) is 6.58. The summed E-state index contributed by atoms with van der Waals surface area (Å²) in [6, 6.07) is 12.7. The number of hydrogen-bond acceptors (Lipinski definition) is 6. The Labute approximate surface area is 170 Å². The number of hydrogen-bond donors (Lipinski definition) is 1. The Bertz CT molecular complexity index is 938. The molecular weight excluding hydrogens is 396 g/mol. The highest BCUT2D eigenvalue weighted by Gasteiger charge is 2.16. The fraction of sp³-hybridized carbons (Fsp3) is 0.300. The van der Waals surface area contributed by atoms with Crippen LogP contribution in [0, 0.1) is 0 Å². The van der Waals surface area contributed by atoms with E-state index in [9.17, 15) is 18.0 Å². The van der Waals surface area contributed by atoms with Gasteiger partial charge in [0, 0.05) is 19.8 Å². The zero-order chi connectivity index (χ0) is 21.4. The van der Waals surface area contributed by atoms with Gasteiger partial charge in [-0.3, -0.25) is 9.59 Å². The minimum Gasteiger partial charge on any atom is -0.484 e. The molecule has 0 radical (unpaired) electrons. The summed E-state index contributed by atoms with van der Waals surface area (Å²) in [4.78, 5) is 23.6. The van der Waals surface area contributed by atoms with Gasteiger partial charge in [-0.2, -0.15) is 0 Å². The Kier molecular flexibility index (Phi) is 7.74. The third-order valence-corrected chi connectivity index (χ3v) is 5.69. The minimum absolute atomic E-state index is 0.141. The van der Waals surface area contributed by atoms with Gasteiger partial charge in [-0.15, -0.1) is 0 Å². The van der Waals surface area contributed by atoms with Crippen LogP contribution in [0.25, 0.3) is 0 Å². The SMILES string of the molecule is CCOC(=O)Cc1ccc(NC(=O)COc2ccc(S(=O)(=O)N(C)C)cc2)cc1. The van der Waals surface area contributed by atoms with Gasteiger partial charge in [0.25, 0.3) is 5.91 Å². The molecule has 8 nitrogen and oxygen atoms in total. The normalized spacial score (nSPS) is 11.2. The van der Waals surface area contributed by atoms with Gasteiger partial charge in [0.05, 0.1) is 17.9 Å². The predicted molar refractivity (Wildman–Crippen MR) is 108 cm³/mol. The van der Waals surface area contributed by atoms with Gasteiger partial charge in [0.15, 0.2) is 6.61 Å². The van der Waals surface area contributed by atoms with Crippen LogP contribution in [-0.4, -0.2) is 51.9 Å². The van der Waals surface area contributed by atoms with Crippen molar-refractivity contribution >= 4 is 27.6 Å². The number of amides is 1. The summed E-state index contributed by atoms with van der Waals surface area (Å²) in [5, 5.41) is 2.69. The lowest BCUT2D eigenvalue weighted by Crippen LogP contribution is -2.22. The highest BCUT2D eigenvalue weighted by atomic mass is 32.2. The first-order valence-corrected chi connectivity index (χ1v) is 10.4. The first kappa shape index (κ1) is 22.4. The number of sulfonamides is 1. The quantitative estimate of drug-likeness (QED) is 0.623. The summed E-state index contributed by atoms with van der Waals surface area (Å²) >= 11 is 0. The number of ether oxygens (including phenoxy) is 2. The van der Waals surface area contributed by atoms with Crippen LogP contribution in [-0.2, 0) is 30.8 Å². The Morgan fingerprint density at radius 3 is 2.17 bits per heavy atom. The van der Waals surface area contributed by atoms with Crippen molar-refractivity contribution in [1.82, 2.24) is 4.31 Å². The second kappa shape index (κ2) is 10.0. The molecule has 0 aliphatic rings. The van der Waals surface area contributed by atoms with Crippen LogP contribution < -0.4 is 10.1 Å². The molecule has 0 saturated carbocycles. The maximum absolute atomic E-state index is 12.0. The zero-order valence-corrected chi connectivity index (χ0v) is 17.4. The maximum atomic E-state index is 12.0. The molecule has 0 fully saturated rings. The van der Waals surface area contributed by atoms with E-state index < -0.39 is 10.0 Å². The Hall–Kier alpha value is -2.91. The molecule has 2 aromatic carbocycles. The molecule has 0 bridgehead atoms. The first-order chi connectivity index (χ1) is 13.7. The van der Waals surface area contributed by atoms with E-state index in [1.54, 1.807) is 31.2 Å². The van der Waals surface area contributed by atoms with Crippen molar-refractivity contribution in [2.45, 2.75) is 18.2 Å². The van der Waals surface area contributed by atoms with Gasteiger partial charge in [0.1, 0.15) is 5.75 Å². The Morgan fingerprint density at radius 2 is 1.62 bits per heavy atom. The van der Waals surface area contributed by atoms with E-state index in [-0.39, 0.29) is 29.8 Å². The van der Waals surface area contributed by atoms with E-state index in [0.717, 1.165) is 9.87 Å². The van der Waals surface area contributed by atoms with Crippen molar-refractivity contribution in [3.05, 3.63) is 54.1 Å². The van der Waals surface area contributed by atoms with Crippen LogP contribution in [0.2, 0.25) is 0 Å². The van der Waals surface area contributed by atoms with E-state index in [0.29, 0.717) is 18.0 Å². The lowest BCUT2D eigenvalue weighted by molar-refractivity contribution is -0.142. The van der Waals surface area contributed by atoms with Crippen LogP contribution in [0.4, 0.5) is 5.69 Å². The summed E-state index contributed by atoms with van der Waals surface area (Å²) in [5.74, 6) is -0.294. The summed E-state index contributed by atoms with van der Waals surface area (Å²) in [7, 11) is -0.607. The predicted octanol–water partition coefficient (Wildman–Crippen LogP) is 2.06. The maximum Gasteiger partial charge on any atom is 0.310 e. The number of carbonyl (C=O) groups is 2. The van der Waals surface area contributed by atoms with E-state index in [2.05, 4.69) is 5.32 Å². The zero-order valence-electron chi connectivity index (χ0n) is 16.5. The van der Waals surface area contributed by atoms with Gasteiger partial charge in [-0.05, 0) is 48.9 Å². The third-order valence-electron chi connectivity index (χ3n) is 3.86. The van der Waals surface area contributed by atoms with E-state index in [4.69, 9.17) is 9.47 Å². The molecule has 0 heterocycles. The monoisotopic (exact) mass is 420 g/mol. The minimum atomic E-state index is -3.51. The number of anilines is 1. The highest BCUT2D eigenvalue weighted by Crippen LogP contribution is 2.18. The Morgan fingerprint density at radius 1 is 1.00 bits per heavy atom. The lowest BCUT2D eigenvalue weighted by atomic mass is 10.1. The molecule has 0 aliphatic carbocycles. The molecule has 0 atom stereocenters. The largest absolute Gasteiger partial charge is 0.484 e. The molecule has 0 unspecified atom stereocenters. The average molecular weight is 420 g/mol. The Balaban J connectivity index is 1.86. The topological polar surface area (TPSA) is 102 Å². The second-order valence-corrected chi connectivity index (χ2v) is 8.43. The molecule has 2 rings (SSSR count). The molecule has 1 amide bonds. The number of nitrogens with zero attached hydrogens (tertiary/aromatic N) is 1. The standard InChI is InChI=1S/C20H24N2O6S/c1-4-27-20(24)13-15-5-7-16(8-6-15)21-19(23)14-28-17-9-11-18(12-10-17)29(25,26)22(2)3/h5-12H,4,13-14H2,1-3H3,(H,21,23). The van der Waals surface area contributed by atoms with Gasteiger partial charge in [-0.1, -0.05) is 12.1 Å². The van der Waals surface area contributed by atoms with E-state index in [1.165, 1.54) is 38.4 Å². The fourth-order valence-electron chi connectivity index (χ4n) is 2.35. The van der Waals surface area contributed by atoms with Gasteiger partial charge in [-0.25, -0.2) is 12.7 Å². The molecule has 1 N–H and O–H groups in total. The fourth-order valence-corrected chi connectivity index (χ4v) is 3.25. The molecule has 0 saturated heterocycles. The van der Waals surface area contributed by atoms with E-state index >= 15 is 0 Å². The lowest BCUT2D eigenvalue weighted by Gasteiger charge is -2.12. The average Bonchev–Trinajstić information content (AvgIpc) is 2.68. The number of nitrogens with one attached hydrogen (secondary N) is 1. The van der Waals surface area contributed by atoms with Crippen molar-refractivity contribution in [3.63, 3.8) is 0 Å². The van der Waals surface area contributed by atoms with Gasteiger partial charge < -0.3 is 14.8 Å². The van der Waals surface area contributed by atoms with Crippen molar-refractivity contribution in [2.24, 2.45) is 0 Å². The smallest absolute Gasteiger partial charge is 0.310 e. The van der Waals surface area contributed by atoms with Crippen LogP contribution in [0.1, 0.15) is 12.5 Å². The summed E-state index contributed by atoms with van der Waals surface area (Å²) in [6.07, 6.45) is 0.171. The number of carbonyl (C=O) groups excluding carboxylic acids is 2. The van der Waals surface area contributed by atoms with Crippen molar-refractivity contribution < 1.29 is 27.5 Å². The number of benzene rings is 2. The summed E-state index contributed by atoms with van der Waals surface area (Å²) in [5.41, 5.74) is 1.35. The molecule has 0 spiro atoms. The van der Waals surface area contributed by atoms with Crippen LogP contribution >= 0.6 is 0 Å². The summed E-state index contributed by atoms with van der Waals surface area (Å²) < 4.78 is 35.4. The second-order valence-electron chi connectivity index (χ2n) is 6.27. The summed E-state index contributed by atoms with van der Waals surface area (Å²) in [6.45, 7) is 1.85. The van der Waals surface area contributed by atoms with Gasteiger partial charge in [0.2, 0.25) is 10.0 Å². The molecule has 0 aromatic heterocycles. The van der Waals surface area contributed by atoms with Crippen molar-refractivity contribution in [2.75, 3.05) is 32.6 Å². The first-order valence-electron chi connectivity index (χ1n) is 8.92. The van der Waals surface area contributed by atoms with E-state index in [1.807, 2.05) is 0 Å².